The van der Waals surface area contributed by atoms with Crippen LogP contribution in [0, 0.1) is 18.6 Å². The molecular weight excluding hydrogens is 428 g/mol. The number of thiazole rings is 1. The molecule has 0 radical (unpaired) electrons. The van der Waals surface area contributed by atoms with E-state index >= 15 is 0 Å². The molecule has 8 nitrogen and oxygen atoms in total. The van der Waals surface area contributed by atoms with Crippen LogP contribution in [0.4, 0.5) is 13.9 Å². The highest BCUT2D eigenvalue weighted by Gasteiger charge is 2.34. The van der Waals surface area contributed by atoms with Crippen molar-refractivity contribution in [3.8, 4) is 5.75 Å². The van der Waals surface area contributed by atoms with Crippen LogP contribution in [0.25, 0.3) is 0 Å². The molecule has 29 heavy (non-hydrogen) atoms. The molecule has 12 heteroatoms. The largest absolute Gasteiger partial charge is 0.488 e. The number of carbonyl (C=O) groups is 1. The number of nitrogens with zero attached hydrogens (tertiary/aromatic N) is 2. The van der Waals surface area contributed by atoms with Crippen molar-refractivity contribution in [3.63, 3.8) is 0 Å². The highest BCUT2D eigenvalue weighted by Crippen LogP contribution is 2.30. The van der Waals surface area contributed by atoms with Gasteiger partial charge in [-0.1, -0.05) is 11.3 Å². The quantitative estimate of drug-likeness (QED) is 0.729. The molecule has 1 aliphatic rings. The Balaban J connectivity index is 1.70. The van der Waals surface area contributed by atoms with Gasteiger partial charge in [0.25, 0.3) is 10.0 Å². The zero-order valence-corrected chi connectivity index (χ0v) is 17.3. The van der Waals surface area contributed by atoms with Crippen LogP contribution in [-0.2, 0) is 19.6 Å². The van der Waals surface area contributed by atoms with Crippen molar-refractivity contribution in [2.75, 3.05) is 31.6 Å². The number of ether oxygens (including phenoxy) is 2. The van der Waals surface area contributed by atoms with Crippen LogP contribution >= 0.6 is 11.3 Å². The van der Waals surface area contributed by atoms with E-state index in [9.17, 15) is 22.0 Å². The van der Waals surface area contributed by atoms with E-state index in [1.165, 1.54) is 11.2 Å². The number of aryl methyl sites for hydroxylation is 1. The average molecular weight is 447 g/mol. The van der Waals surface area contributed by atoms with Crippen LogP contribution < -0.4 is 10.1 Å². The first-order chi connectivity index (χ1) is 13.7. The lowest BCUT2D eigenvalue weighted by atomic mass is 10.3. The van der Waals surface area contributed by atoms with Crippen LogP contribution in [0.5, 0.6) is 5.75 Å². The van der Waals surface area contributed by atoms with E-state index < -0.39 is 27.8 Å². The smallest absolute Gasteiger partial charge is 0.254 e. The SMILES string of the molecule is CC(=O)Nc1nc(C)c(S(=O)(=O)N2CCOC(COc3cc(F)ccc3F)C2)s1. The van der Waals surface area contributed by atoms with E-state index in [1.807, 2.05) is 0 Å². The van der Waals surface area contributed by atoms with Gasteiger partial charge in [-0.3, -0.25) is 4.79 Å². The van der Waals surface area contributed by atoms with Gasteiger partial charge in [-0.15, -0.1) is 0 Å². The van der Waals surface area contributed by atoms with E-state index in [2.05, 4.69) is 10.3 Å². The van der Waals surface area contributed by atoms with Crippen LogP contribution in [0.1, 0.15) is 12.6 Å². The summed E-state index contributed by atoms with van der Waals surface area (Å²) >= 11 is 0.867. The topological polar surface area (TPSA) is 97.8 Å². The van der Waals surface area contributed by atoms with E-state index in [0.29, 0.717) is 0 Å². The average Bonchev–Trinajstić information content (AvgIpc) is 3.03. The monoisotopic (exact) mass is 447 g/mol. The molecule has 2 aromatic rings. The lowest BCUT2D eigenvalue weighted by Crippen LogP contribution is -2.47. The molecular formula is C17H19F2N3O5S2. The summed E-state index contributed by atoms with van der Waals surface area (Å²) in [5, 5.41) is 2.67. The molecule has 1 unspecified atom stereocenters. The lowest BCUT2D eigenvalue weighted by molar-refractivity contribution is -0.114. The summed E-state index contributed by atoms with van der Waals surface area (Å²) in [5.41, 5.74) is 0.278. The van der Waals surface area contributed by atoms with Crippen LogP contribution in [0.3, 0.4) is 0 Å². The Morgan fingerprint density at radius 3 is 2.93 bits per heavy atom. The lowest BCUT2D eigenvalue weighted by Gasteiger charge is -2.31. The molecule has 3 rings (SSSR count). The second-order valence-electron chi connectivity index (χ2n) is 6.31. The summed E-state index contributed by atoms with van der Waals surface area (Å²) < 4.78 is 65.0. The maximum atomic E-state index is 13.7. The fourth-order valence-corrected chi connectivity index (χ4v) is 5.78. The summed E-state index contributed by atoms with van der Waals surface area (Å²) in [6, 6.07) is 2.83. The number of aromatic nitrogens is 1. The molecule has 2 heterocycles. The van der Waals surface area contributed by atoms with Gasteiger partial charge in [0.1, 0.15) is 18.5 Å². The Bertz CT molecular complexity index is 1010. The van der Waals surface area contributed by atoms with Gasteiger partial charge >= 0.3 is 0 Å². The van der Waals surface area contributed by atoms with Crippen molar-refractivity contribution in [1.29, 1.82) is 0 Å². The maximum absolute atomic E-state index is 13.7. The molecule has 0 saturated carbocycles. The minimum atomic E-state index is -3.87. The number of benzene rings is 1. The molecule has 1 aromatic heterocycles. The minimum absolute atomic E-state index is 0.0217. The molecule has 1 amide bonds. The maximum Gasteiger partial charge on any atom is 0.254 e. The highest BCUT2D eigenvalue weighted by molar-refractivity contribution is 7.91. The molecule has 0 aliphatic carbocycles. The Kier molecular flexibility index (Phi) is 6.46. The predicted octanol–water partition coefficient (Wildman–Crippen LogP) is 2.16. The highest BCUT2D eigenvalue weighted by atomic mass is 32.2. The van der Waals surface area contributed by atoms with Crippen molar-refractivity contribution >= 4 is 32.4 Å². The first kappa shape index (κ1) is 21.6. The number of hydrogen-bond donors (Lipinski definition) is 1. The number of halogens is 2. The number of amides is 1. The van der Waals surface area contributed by atoms with Crippen molar-refractivity contribution in [3.05, 3.63) is 35.5 Å². The molecule has 1 saturated heterocycles. The molecule has 0 bridgehead atoms. The summed E-state index contributed by atoms with van der Waals surface area (Å²) in [5.74, 6) is -1.99. The molecule has 1 aliphatic heterocycles. The van der Waals surface area contributed by atoms with E-state index in [4.69, 9.17) is 9.47 Å². The molecule has 158 valence electrons. The third-order valence-corrected chi connectivity index (χ3v) is 7.56. The second kappa shape index (κ2) is 8.69. The molecule has 1 aromatic carbocycles. The summed E-state index contributed by atoms with van der Waals surface area (Å²) in [6.45, 7) is 2.92. The van der Waals surface area contributed by atoms with Gasteiger partial charge < -0.3 is 14.8 Å². The number of rotatable bonds is 6. The van der Waals surface area contributed by atoms with Gasteiger partial charge in [0.2, 0.25) is 5.91 Å². The summed E-state index contributed by atoms with van der Waals surface area (Å²) in [7, 11) is -3.87. The molecule has 1 fully saturated rings. The number of nitrogens with one attached hydrogen (secondary N) is 1. The molecule has 1 atom stereocenters. The fourth-order valence-electron chi connectivity index (χ4n) is 2.73. The van der Waals surface area contributed by atoms with Gasteiger partial charge in [0.15, 0.2) is 20.9 Å². The first-order valence-electron chi connectivity index (χ1n) is 8.61. The number of sulfonamides is 1. The number of carbonyl (C=O) groups excluding carboxylic acids is 1. The Hall–Kier alpha value is -2.15. The number of morpholine rings is 1. The number of hydrogen-bond acceptors (Lipinski definition) is 7. The Morgan fingerprint density at radius 2 is 2.21 bits per heavy atom. The van der Waals surface area contributed by atoms with Crippen molar-refractivity contribution in [2.24, 2.45) is 0 Å². The summed E-state index contributed by atoms with van der Waals surface area (Å²) in [4.78, 5) is 15.2. The fraction of sp³-hybridized carbons (Fsp3) is 0.412. The summed E-state index contributed by atoms with van der Waals surface area (Å²) in [6.07, 6.45) is -0.663. The van der Waals surface area contributed by atoms with Crippen molar-refractivity contribution in [2.45, 2.75) is 24.2 Å². The van der Waals surface area contributed by atoms with E-state index in [1.54, 1.807) is 6.92 Å². The van der Waals surface area contributed by atoms with E-state index in [0.717, 1.165) is 29.5 Å². The Morgan fingerprint density at radius 1 is 1.45 bits per heavy atom. The van der Waals surface area contributed by atoms with Gasteiger partial charge in [0, 0.05) is 26.1 Å². The molecule has 0 spiro atoms. The standard InChI is InChI=1S/C17H19F2N3O5S2/c1-10-16(28-17(20-10)21-11(2)23)29(24,25)22-5-6-26-13(8-22)9-27-15-7-12(18)3-4-14(15)19/h3-4,7,13H,5-6,8-9H2,1-2H3,(H,20,21,23). The van der Waals surface area contributed by atoms with Gasteiger partial charge in [-0.2, -0.15) is 4.31 Å². The van der Waals surface area contributed by atoms with Crippen molar-refractivity contribution in [1.82, 2.24) is 9.29 Å². The Labute approximate surface area is 170 Å². The van der Waals surface area contributed by atoms with E-state index in [-0.39, 0.29) is 53.0 Å². The number of anilines is 1. The van der Waals surface area contributed by atoms with Crippen LogP contribution in [0.2, 0.25) is 0 Å². The van der Waals surface area contributed by atoms with Gasteiger partial charge in [-0.25, -0.2) is 22.2 Å². The minimum Gasteiger partial charge on any atom is -0.488 e. The predicted molar refractivity (Wildman–Crippen MR) is 102 cm³/mol. The second-order valence-corrected chi connectivity index (χ2v) is 9.45. The zero-order chi connectivity index (χ0) is 21.2. The van der Waals surface area contributed by atoms with Crippen LogP contribution in [0.15, 0.2) is 22.4 Å². The third kappa shape index (κ3) is 5.07. The third-order valence-electron chi connectivity index (χ3n) is 4.03. The zero-order valence-electron chi connectivity index (χ0n) is 15.6. The first-order valence-corrected chi connectivity index (χ1v) is 10.9. The molecule has 1 N–H and O–H groups in total. The van der Waals surface area contributed by atoms with Crippen molar-refractivity contribution < 1.29 is 31.5 Å². The normalized spacial score (nSPS) is 17.9. The van der Waals surface area contributed by atoms with Gasteiger partial charge in [-0.05, 0) is 19.1 Å². The van der Waals surface area contributed by atoms with Gasteiger partial charge in [0.05, 0.1) is 12.3 Å². The van der Waals surface area contributed by atoms with Crippen LogP contribution in [-0.4, -0.2) is 56.0 Å².